The second kappa shape index (κ2) is 10.1. The molecule has 0 spiro atoms. The molecular formula is C30H21F2N5O3. The van der Waals surface area contributed by atoms with E-state index >= 15 is 4.39 Å². The minimum Gasteiger partial charge on any atom is -0.452 e. The van der Waals surface area contributed by atoms with Crippen LogP contribution in [0, 0.1) is 11.6 Å². The average molecular weight is 538 g/mol. The Morgan fingerprint density at radius 3 is 2.55 bits per heavy atom. The number of Topliss-reactive ketones (excluding diaryl/α,β-unsaturated/α-hetero) is 1. The number of ketones is 1. The van der Waals surface area contributed by atoms with Gasteiger partial charge in [0.25, 0.3) is 5.56 Å². The van der Waals surface area contributed by atoms with Crippen LogP contribution in [0.3, 0.4) is 0 Å². The van der Waals surface area contributed by atoms with Crippen LogP contribution in [0.5, 0.6) is 11.5 Å². The Morgan fingerprint density at radius 2 is 1.80 bits per heavy atom. The summed E-state index contributed by atoms with van der Waals surface area (Å²) < 4.78 is 39.1. The third kappa shape index (κ3) is 4.78. The number of carbonyl (C=O) groups is 1. The van der Waals surface area contributed by atoms with Crippen LogP contribution >= 0.6 is 0 Å². The van der Waals surface area contributed by atoms with Crippen LogP contribution in [0.1, 0.15) is 15.9 Å². The van der Waals surface area contributed by atoms with Gasteiger partial charge in [-0.05, 0) is 66.2 Å². The van der Waals surface area contributed by atoms with Gasteiger partial charge in [-0.25, -0.2) is 18.3 Å². The highest BCUT2D eigenvalue weighted by Crippen LogP contribution is 2.32. The van der Waals surface area contributed by atoms with Crippen molar-refractivity contribution in [3.63, 3.8) is 0 Å². The van der Waals surface area contributed by atoms with Crippen LogP contribution in [-0.2, 0) is 13.5 Å². The van der Waals surface area contributed by atoms with Crippen molar-refractivity contribution in [2.75, 3.05) is 0 Å². The molecule has 0 bridgehead atoms. The van der Waals surface area contributed by atoms with Gasteiger partial charge in [0.15, 0.2) is 23.1 Å². The first kappa shape index (κ1) is 24.9. The van der Waals surface area contributed by atoms with Gasteiger partial charge >= 0.3 is 0 Å². The molecule has 40 heavy (non-hydrogen) atoms. The van der Waals surface area contributed by atoms with Gasteiger partial charge in [0.1, 0.15) is 11.3 Å². The summed E-state index contributed by atoms with van der Waals surface area (Å²) in [5.41, 5.74) is 2.29. The Bertz CT molecular complexity index is 1940. The van der Waals surface area contributed by atoms with E-state index in [1.165, 1.54) is 53.2 Å². The van der Waals surface area contributed by atoms with Crippen molar-refractivity contribution in [2.45, 2.75) is 6.42 Å². The SMILES string of the molecule is Cn1cnc(-c2cc(Oc3ccc(CC(=O)c4cccn(-c5ccc(F)cc5)c4=O)cc3F)c3ccnn3c2)c1. The van der Waals surface area contributed by atoms with Gasteiger partial charge in [-0.1, -0.05) is 6.07 Å². The average Bonchev–Trinajstić information content (AvgIpc) is 3.60. The van der Waals surface area contributed by atoms with Crippen molar-refractivity contribution in [1.29, 1.82) is 0 Å². The Kier molecular flexibility index (Phi) is 6.27. The van der Waals surface area contributed by atoms with E-state index in [1.807, 2.05) is 24.0 Å². The smallest absolute Gasteiger partial charge is 0.265 e. The molecule has 0 aliphatic heterocycles. The van der Waals surface area contributed by atoms with Crippen LogP contribution in [0.25, 0.3) is 22.5 Å². The molecule has 0 saturated carbocycles. The van der Waals surface area contributed by atoms with Crippen LogP contribution < -0.4 is 10.3 Å². The van der Waals surface area contributed by atoms with E-state index in [4.69, 9.17) is 4.74 Å². The monoisotopic (exact) mass is 537 g/mol. The van der Waals surface area contributed by atoms with Crippen molar-refractivity contribution >= 4 is 11.3 Å². The highest BCUT2D eigenvalue weighted by atomic mass is 19.1. The maximum atomic E-state index is 15.2. The second-order valence-corrected chi connectivity index (χ2v) is 9.22. The van der Waals surface area contributed by atoms with E-state index in [0.29, 0.717) is 28.2 Å². The van der Waals surface area contributed by atoms with Gasteiger partial charge in [0.2, 0.25) is 0 Å². The minimum atomic E-state index is -0.664. The lowest BCUT2D eigenvalue weighted by atomic mass is 10.0. The number of halogens is 2. The molecule has 6 aromatic rings. The van der Waals surface area contributed by atoms with Gasteiger partial charge in [-0.15, -0.1) is 0 Å². The lowest BCUT2D eigenvalue weighted by molar-refractivity contribution is 0.0991. The summed E-state index contributed by atoms with van der Waals surface area (Å²) >= 11 is 0. The van der Waals surface area contributed by atoms with Crippen molar-refractivity contribution in [3.8, 4) is 28.4 Å². The Hall–Kier alpha value is -5.38. The largest absolute Gasteiger partial charge is 0.452 e. The molecule has 0 aliphatic carbocycles. The van der Waals surface area contributed by atoms with E-state index < -0.39 is 23.0 Å². The predicted molar refractivity (Wildman–Crippen MR) is 144 cm³/mol. The number of hydrogen-bond donors (Lipinski definition) is 0. The number of imidazole rings is 1. The maximum Gasteiger partial charge on any atom is 0.265 e. The van der Waals surface area contributed by atoms with Crippen molar-refractivity contribution in [1.82, 2.24) is 23.7 Å². The summed E-state index contributed by atoms with van der Waals surface area (Å²) in [7, 11) is 1.86. The molecule has 0 aliphatic rings. The molecule has 0 unspecified atom stereocenters. The topological polar surface area (TPSA) is 83.4 Å². The summed E-state index contributed by atoms with van der Waals surface area (Å²) in [6.07, 6.45) is 8.26. The number of fused-ring (bicyclic) bond motifs is 1. The molecule has 0 N–H and O–H groups in total. The van der Waals surface area contributed by atoms with E-state index in [9.17, 15) is 14.0 Å². The number of pyridine rings is 2. The highest BCUT2D eigenvalue weighted by molar-refractivity contribution is 5.97. The molecule has 10 heteroatoms. The highest BCUT2D eigenvalue weighted by Gasteiger charge is 2.17. The van der Waals surface area contributed by atoms with Gasteiger partial charge < -0.3 is 9.30 Å². The summed E-state index contributed by atoms with van der Waals surface area (Å²) in [5, 5.41) is 4.28. The zero-order valence-electron chi connectivity index (χ0n) is 21.2. The molecule has 0 radical (unpaired) electrons. The molecule has 6 rings (SSSR count). The van der Waals surface area contributed by atoms with Crippen molar-refractivity contribution in [3.05, 3.63) is 131 Å². The molecule has 0 atom stereocenters. The van der Waals surface area contributed by atoms with Crippen LogP contribution in [0.2, 0.25) is 0 Å². The Morgan fingerprint density at radius 1 is 0.975 bits per heavy atom. The minimum absolute atomic E-state index is 0.0316. The third-order valence-electron chi connectivity index (χ3n) is 6.40. The van der Waals surface area contributed by atoms with Crippen molar-refractivity contribution < 1.29 is 18.3 Å². The summed E-state index contributed by atoms with van der Waals surface area (Å²) in [6, 6.07) is 16.1. The Balaban J connectivity index is 1.25. The third-order valence-corrected chi connectivity index (χ3v) is 6.40. The Labute approximate surface area is 226 Å². The lowest BCUT2D eigenvalue weighted by Crippen LogP contribution is -2.25. The second-order valence-electron chi connectivity index (χ2n) is 9.22. The molecule has 2 aromatic carbocycles. The van der Waals surface area contributed by atoms with E-state index in [1.54, 1.807) is 41.3 Å². The zero-order valence-corrected chi connectivity index (χ0v) is 21.2. The first-order valence-corrected chi connectivity index (χ1v) is 12.3. The number of benzene rings is 2. The zero-order chi connectivity index (χ0) is 27.8. The van der Waals surface area contributed by atoms with Crippen LogP contribution in [0.4, 0.5) is 8.78 Å². The van der Waals surface area contributed by atoms with E-state index in [0.717, 1.165) is 5.56 Å². The molecule has 8 nitrogen and oxygen atoms in total. The number of nitrogens with zero attached hydrogens (tertiary/aromatic N) is 5. The number of ether oxygens (including phenoxy) is 1. The predicted octanol–water partition coefficient (Wildman–Crippen LogP) is 5.38. The molecular weight excluding hydrogens is 516 g/mol. The summed E-state index contributed by atoms with van der Waals surface area (Å²) in [6.45, 7) is 0. The standard InChI is InChI=1S/C30H21F2N5O3/c1-35-17-25(33-18-35)20-15-29(26-10-11-34-37(26)16-20)40-28-9-4-19(13-24(28)32)14-27(38)23-3-2-12-36(30(23)39)22-7-5-21(31)6-8-22/h2-13,15-18H,14H2,1H3. The van der Waals surface area contributed by atoms with E-state index in [-0.39, 0.29) is 17.7 Å². The van der Waals surface area contributed by atoms with E-state index in [2.05, 4.69) is 10.1 Å². The molecule has 0 saturated heterocycles. The maximum absolute atomic E-state index is 15.2. The number of rotatable bonds is 7. The molecule has 0 fully saturated rings. The van der Waals surface area contributed by atoms with Gasteiger partial charge in [0.05, 0.1) is 23.8 Å². The number of aryl methyl sites for hydroxylation is 1. The van der Waals surface area contributed by atoms with Crippen LogP contribution in [0.15, 0.2) is 103 Å². The van der Waals surface area contributed by atoms with Gasteiger partial charge in [-0.2, -0.15) is 5.10 Å². The molecule has 4 heterocycles. The van der Waals surface area contributed by atoms with Crippen LogP contribution in [-0.4, -0.2) is 29.5 Å². The fourth-order valence-electron chi connectivity index (χ4n) is 4.43. The number of aromatic nitrogens is 5. The van der Waals surface area contributed by atoms with Gasteiger partial charge in [-0.3, -0.25) is 14.2 Å². The fourth-order valence-corrected chi connectivity index (χ4v) is 4.43. The molecule has 4 aromatic heterocycles. The quantitative estimate of drug-likeness (QED) is 0.255. The number of carbonyl (C=O) groups excluding carboxylic acids is 1. The first-order valence-electron chi connectivity index (χ1n) is 12.3. The normalized spacial score (nSPS) is 11.2. The summed E-state index contributed by atoms with van der Waals surface area (Å²) in [5.74, 6) is -1.22. The number of hydrogen-bond acceptors (Lipinski definition) is 5. The first-order chi connectivity index (χ1) is 19.4. The fraction of sp³-hybridized carbons (Fsp3) is 0.0667. The molecule has 0 amide bonds. The molecule has 198 valence electrons. The van der Waals surface area contributed by atoms with Gasteiger partial charge in [0, 0.05) is 43.3 Å². The lowest BCUT2D eigenvalue weighted by Gasteiger charge is -2.11. The van der Waals surface area contributed by atoms with Crippen molar-refractivity contribution in [2.24, 2.45) is 7.05 Å². The summed E-state index contributed by atoms with van der Waals surface area (Å²) in [4.78, 5) is 30.3.